The third kappa shape index (κ3) is 3.08. The second kappa shape index (κ2) is 6.08. The molecule has 6 nitrogen and oxygen atoms in total. The van der Waals surface area contributed by atoms with Crippen molar-refractivity contribution in [2.45, 2.75) is 0 Å². The lowest BCUT2D eigenvalue weighted by atomic mass is 10.2. The van der Waals surface area contributed by atoms with Gasteiger partial charge < -0.3 is 9.64 Å². The lowest BCUT2D eigenvalue weighted by Crippen LogP contribution is -2.37. The van der Waals surface area contributed by atoms with Gasteiger partial charge in [0.2, 0.25) is 5.82 Å². The number of aromatic nitrogens is 4. The summed E-state index contributed by atoms with van der Waals surface area (Å²) >= 11 is 0. The van der Waals surface area contributed by atoms with E-state index in [0.717, 1.165) is 18.7 Å². The maximum absolute atomic E-state index is 5.27. The SMILES string of the molecule is C(#Cc1nnc(N2CCOCC2)nn1)c1ccccc1. The minimum Gasteiger partial charge on any atom is -0.378 e. The molecule has 1 aliphatic rings. The normalized spacial score (nSPS) is 14.5. The summed E-state index contributed by atoms with van der Waals surface area (Å²) in [7, 11) is 0. The molecule has 3 rings (SSSR count). The van der Waals surface area contributed by atoms with Crippen LogP contribution in [0.15, 0.2) is 30.3 Å². The van der Waals surface area contributed by atoms with Crippen LogP contribution in [0.3, 0.4) is 0 Å². The molecule has 0 radical (unpaired) electrons. The zero-order chi connectivity index (χ0) is 13.6. The Morgan fingerprint density at radius 1 is 0.900 bits per heavy atom. The Balaban J connectivity index is 1.72. The molecule has 2 heterocycles. The van der Waals surface area contributed by atoms with Crippen molar-refractivity contribution in [1.82, 2.24) is 20.4 Å². The second-order valence-electron chi connectivity index (χ2n) is 4.24. The largest absolute Gasteiger partial charge is 0.378 e. The summed E-state index contributed by atoms with van der Waals surface area (Å²) in [6, 6.07) is 9.67. The van der Waals surface area contributed by atoms with E-state index in [-0.39, 0.29) is 0 Å². The predicted octanol–water partition coefficient (Wildman–Crippen LogP) is 0.503. The number of nitrogens with zero attached hydrogens (tertiary/aromatic N) is 5. The Hall–Kier alpha value is -2.52. The molecule has 0 saturated carbocycles. The number of morpholine rings is 1. The Kier molecular flexibility index (Phi) is 3.80. The van der Waals surface area contributed by atoms with Gasteiger partial charge in [-0.05, 0) is 18.1 Å². The van der Waals surface area contributed by atoms with Crippen molar-refractivity contribution in [3.05, 3.63) is 41.7 Å². The van der Waals surface area contributed by atoms with Gasteiger partial charge in [-0.3, -0.25) is 0 Å². The van der Waals surface area contributed by atoms with Crippen molar-refractivity contribution in [3.63, 3.8) is 0 Å². The van der Waals surface area contributed by atoms with Gasteiger partial charge in [0.15, 0.2) is 0 Å². The zero-order valence-corrected chi connectivity index (χ0v) is 10.9. The van der Waals surface area contributed by atoms with Crippen LogP contribution in [0.25, 0.3) is 0 Å². The van der Waals surface area contributed by atoms with E-state index in [1.165, 1.54) is 0 Å². The van der Waals surface area contributed by atoms with Crippen LogP contribution in [0, 0.1) is 11.8 Å². The number of anilines is 1. The van der Waals surface area contributed by atoms with Gasteiger partial charge >= 0.3 is 0 Å². The van der Waals surface area contributed by atoms with E-state index >= 15 is 0 Å². The first-order valence-electron chi connectivity index (χ1n) is 6.39. The van der Waals surface area contributed by atoms with Crippen molar-refractivity contribution in [1.29, 1.82) is 0 Å². The van der Waals surface area contributed by atoms with Crippen molar-refractivity contribution in [2.75, 3.05) is 31.2 Å². The van der Waals surface area contributed by atoms with Crippen LogP contribution >= 0.6 is 0 Å². The van der Waals surface area contributed by atoms with E-state index in [9.17, 15) is 0 Å². The van der Waals surface area contributed by atoms with Gasteiger partial charge in [0.25, 0.3) is 5.95 Å². The van der Waals surface area contributed by atoms with Crippen molar-refractivity contribution in [2.24, 2.45) is 0 Å². The second-order valence-corrected chi connectivity index (χ2v) is 4.24. The summed E-state index contributed by atoms with van der Waals surface area (Å²) < 4.78 is 5.27. The monoisotopic (exact) mass is 267 g/mol. The Morgan fingerprint density at radius 3 is 2.30 bits per heavy atom. The lowest BCUT2D eigenvalue weighted by Gasteiger charge is -2.25. The third-order valence-electron chi connectivity index (χ3n) is 2.85. The number of rotatable bonds is 1. The van der Waals surface area contributed by atoms with Gasteiger partial charge in [-0.25, -0.2) is 0 Å². The molecule has 1 saturated heterocycles. The van der Waals surface area contributed by atoms with Gasteiger partial charge in [-0.1, -0.05) is 24.1 Å². The van der Waals surface area contributed by atoms with Gasteiger partial charge in [-0.15, -0.1) is 20.4 Å². The number of ether oxygens (including phenoxy) is 1. The van der Waals surface area contributed by atoms with Crippen LogP contribution in [-0.4, -0.2) is 46.7 Å². The predicted molar refractivity (Wildman–Crippen MR) is 73.1 cm³/mol. The maximum atomic E-state index is 5.27. The third-order valence-corrected chi connectivity index (χ3v) is 2.85. The summed E-state index contributed by atoms with van der Waals surface area (Å²) in [6.07, 6.45) is 0. The molecule has 6 heteroatoms. The van der Waals surface area contributed by atoms with Crippen LogP contribution in [0.5, 0.6) is 0 Å². The quantitative estimate of drug-likeness (QED) is 0.701. The van der Waals surface area contributed by atoms with Crippen LogP contribution in [0.2, 0.25) is 0 Å². The Bertz CT molecular complexity index is 612. The molecule has 1 aromatic carbocycles. The fourth-order valence-corrected chi connectivity index (χ4v) is 1.81. The van der Waals surface area contributed by atoms with Crippen molar-refractivity contribution < 1.29 is 4.74 Å². The molecule has 1 aliphatic heterocycles. The highest BCUT2D eigenvalue weighted by Crippen LogP contribution is 2.06. The molecule has 0 spiro atoms. The van der Waals surface area contributed by atoms with Crippen LogP contribution in [0.1, 0.15) is 11.4 Å². The molecular formula is C14H13N5O. The van der Waals surface area contributed by atoms with E-state index in [0.29, 0.717) is 25.0 Å². The highest BCUT2D eigenvalue weighted by Gasteiger charge is 2.14. The summed E-state index contributed by atoms with van der Waals surface area (Å²) in [4.78, 5) is 2.00. The molecule has 0 unspecified atom stereocenters. The molecule has 1 fully saturated rings. The minimum absolute atomic E-state index is 0.325. The van der Waals surface area contributed by atoms with E-state index in [1.807, 2.05) is 35.2 Å². The fraction of sp³-hybridized carbons (Fsp3) is 0.286. The first kappa shape index (κ1) is 12.5. The zero-order valence-electron chi connectivity index (χ0n) is 10.9. The van der Waals surface area contributed by atoms with E-state index < -0.39 is 0 Å². The van der Waals surface area contributed by atoms with Gasteiger partial charge in [0, 0.05) is 18.7 Å². The van der Waals surface area contributed by atoms with Crippen molar-refractivity contribution >= 4 is 5.95 Å². The molecule has 0 bridgehead atoms. The molecule has 0 aliphatic carbocycles. The molecule has 100 valence electrons. The van der Waals surface area contributed by atoms with Crippen LogP contribution < -0.4 is 4.90 Å². The average molecular weight is 267 g/mol. The first-order valence-corrected chi connectivity index (χ1v) is 6.39. The van der Waals surface area contributed by atoms with E-state index in [1.54, 1.807) is 0 Å². The highest BCUT2D eigenvalue weighted by atomic mass is 16.5. The molecular weight excluding hydrogens is 254 g/mol. The molecule has 1 aromatic heterocycles. The molecule has 20 heavy (non-hydrogen) atoms. The average Bonchev–Trinajstić information content (AvgIpc) is 2.55. The fourth-order valence-electron chi connectivity index (χ4n) is 1.81. The summed E-state index contributed by atoms with van der Waals surface area (Å²) in [5, 5.41) is 16.1. The van der Waals surface area contributed by atoms with E-state index in [4.69, 9.17) is 4.74 Å². The van der Waals surface area contributed by atoms with Gasteiger partial charge in [-0.2, -0.15) is 0 Å². The minimum atomic E-state index is 0.325. The molecule has 0 amide bonds. The number of benzene rings is 1. The van der Waals surface area contributed by atoms with Crippen molar-refractivity contribution in [3.8, 4) is 11.8 Å². The first-order chi connectivity index (χ1) is 9.92. The van der Waals surface area contributed by atoms with Gasteiger partial charge in [0.1, 0.15) is 0 Å². The van der Waals surface area contributed by atoms with E-state index in [2.05, 4.69) is 32.2 Å². The molecule has 2 aromatic rings. The smallest absolute Gasteiger partial charge is 0.264 e. The number of hydrogen-bond donors (Lipinski definition) is 0. The summed E-state index contributed by atoms with van der Waals surface area (Å²) in [5.41, 5.74) is 0.911. The number of hydrogen-bond acceptors (Lipinski definition) is 6. The summed E-state index contributed by atoms with van der Waals surface area (Å²) in [5.74, 6) is 6.67. The standard InChI is InChI=1S/C14H13N5O/c1-2-4-12(5-3-1)6-7-13-15-17-14(18-16-13)19-8-10-20-11-9-19/h1-5H,8-11H2. The van der Waals surface area contributed by atoms with Crippen LogP contribution in [0.4, 0.5) is 5.95 Å². The topological polar surface area (TPSA) is 64.0 Å². The van der Waals surface area contributed by atoms with Crippen LogP contribution in [-0.2, 0) is 4.74 Å². The maximum Gasteiger partial charge on any atom is 0.264 e. The summed E-state index contributed by atoms with van der Waals surface area (Å²) in [6.45, 7) is 2.88. The lowest BCUT2D eigenvalue weighted by molar-refractivity contribution is 0.122. The molecule has 0 N–H and O–H groups in total. The van der Waals surface area contributed by atoms with Gasteiger partial charge in [0.05, 0.1) is 13.2 Å². The Labute approximate surface area is 116 Å². The Morgan fingerprint density at radius 2 is 1.60 bits per heavy atom. The highest BCUT2D eigenvalue weighted by molar-refractivity contribution is 5.37. The molecule has 0 atom stereocenters.